The molecule has 2 nitrogen and oxygen atoms in total. The van der Waals surface area contributed by atoms with Gasteiger partial charge in [0.1, 0.15) is 6.10 Å². The summed E-state index contributed by atoms with van der Waals surface area (Å²) >= 11 is 3.28. The van der Waals surface area contributed by atoms with Crippen molar-refractivity contribution in [3.05, 3.63) is 28.0 Å². The van der Waals surface area contributed by atoms with Crippen LogP contribution in [0.3, 0.4) is 0 Å². The van der Waals surface area contributed by atoms with Gasteiger partial charge >= 0.3 is 0 Å². The van der Waals surface area contributed by atoms with Crippen LogP contribution in [0, 0.1) is 22.6 Å². The summed E-state index contributed by atoms with van der Waals surface area (Å²) in [7, 11) is 0. The molecule has 3 unspecified atom stereocenters. The van der Waals surface area contributed by atoms with E-state index >= 15 is 0 Å². The lowest BCUT2D eigenvalue weighted by atomic mass is 9.70. The minimum absolute atomic E-state index is 0.0939. The Balaban J connectivity index is 1.88. The van der Waals surface area contributed by atoms with Gasteiger partial charge in [-0.15, -0.1) is 0 Å². The van der Waals surface area contributed by atoms with Crippen LogP contribution in [0.5, 0.6) is 5.75 Å². The zero-order valence-corrected chi connectivity index (χ0v) is 14.5. The van der Waals surface area contributed by atoms with Crippen LogP contribution in [0.4, 0.5) is 4.39 Å². The molecule has 116 valence electrons. The summed E-state index contributed by atoms with van der Waals surface area (Å²) in [6.07, 6.45) is 3.55. The number of benzene rings is 1. The molecule has 2 bridgehead atoms. The predicted molar refractivity (Wildman–Crippen MR) is 85.6 cm³/mol. The maximum Gasteiger partial charge on any atom is 0.179 e. The first-order chi connectivity index (χ1) is 9.81. The number of fused-ring (bicyclic) bond motifs is 2. The Hall–Kier alpha value is -0.610. The third kappa shape index (κ3) is 2.06. The van der Waals surface area contributed by atoms with Crippen molar-refractivity contribution in [2.24, 2.45) is 22.5 Å². The molecule has 0 radical (unpaired) electrons. The fourth-order valence-electron chi connectivity index (χ4n) is 4.28. The van der Waals surface area contributed by atoms with Gasteiger partial charge in [-0.05, 0) is 58.2 Å². The van der Waals surface area contributed by atoms with Gasteiger partial charge in [-0.1, -0.05) is 26.8 Å². The van der Waals surface area contributed by atoms with Crippen LogP contribution >= 0.6 is 15.9 Å². The first kappa shape index (κ1) is 15.3. The van der Waals surface area contributed by atoms with Crippen molar-refractivity contribution >= 4 is 15.9 Å². The lowest BCUT2D eigenvalue weighted by molar-refractivity contribution is 0.0277. The van der Waals surface area contributed by atoms with E-state index < -0.39 is 0 Å². The van der Waals surface area contributed by atoms with Crippen LogP contribution in [0.2, 0.25) is 0 Å². The average Bonchev–Trinajstić information content (AvgIpc) is 2.77. The quantitative estimate of drug-likeness (QED) is 0.856. The van der Waals surface area contributed by atoms with Crippen LogP contribution in [-0.4, -0.2) is 6.10 Å². The number of rotatable bonds is 3. The van der Waals surface area contributed by atoms with Crippen LogP contribution in [0.25, 0.3) is 0 Å². The molecule has 2 N–H and O–H groups in total. The number of hydrogen-bond acceptors (Lipinski definition) is 2. The number of ether oxygens (including phenoxy) is 1. The van der Waals surface area contributed by atoms with Crippen LogP contribution < -0.4 is 10.5 Å². The van der Waals surface area contributed by atoms with E-state index in [1.165, 1.54) is 12.8 Å². The molecule has 2 saturated carbocycles. The molecule has 1 aromatic carbocycles. The Labute approximate surface area is 134 Å². The molecular formula is C17H23BrFNO. The molecule has 3 atom stereocenters. The SMILES string of the molecule is CC1(C)C2CCC1(C)C(Oc1ccc(CN)c(Br)c1F)C2. The van der Waals surface area contributed by atoms with E-state index in [-0.39, 0.29) is 22.8 Å². The topological polar surface area (TPSA) is 35.2 Å². The van der Waals surface area contributed by atoms with Gasteiger partial charge in [-0.3, -0.25) is 0 Å². The predicted octanol–water partition coefficient (Wildman–Crippen LogP) is 4.64. The molecule has 2 fully saturated rings. The van der Waals surface area contributed by atoms with Gasteiger partial charge in [-0.25, -0.2) is 4.39 Å². The average molecular weight is 356 g/mol. The Kier molecular flexibility index (Phi) is 3.61. The van der Waals surface area contributed by atoms with Crippen molar-refractivity contribution in [2.75, 3.05) is 0 Å². The molecule has 0 heterocycles. The van der Waals surface area contributed by atoms with Gasteiger partial charge < -0.3 is 10.5 Å². The molecule has 0 aliphatic heterocycles. The monoisotopic (exact) mass is 355 g/mol. The minimum atomic E-state index is -0.331. The number of halogens is 2. The zero-order chi connectivity index (χ0) is 15.4. The molecule has 0 aromatic heterocycles. The molecule has 2 aliphatic carbocycles. The second-order valence-electron chi connectivity index (χ2n) is 7.27. The van der Waals surface area contributed by atoms with Crippen molar-refractivity contribution in [1.29, 1.82) is 0 Å². The Bertz CT molecular complexity index is 574. The summed E-state index contributed by atoms with van der Waals surface area (Å²) in [5, 5.41) is 0. The number of nitrogens with two attached hydrogens (primary N) is 1. The third-order valence-electron chi connectivity index (χ3n) is 6.33. The van der Waals surface area contributed by atoms with E-state index in [1.807, 2.05) is 6.07 Å². The van der Waals surface area contributed by atoms with Gasteiger partial charge in [0.2, 0.25) is 0 Å². The van der Waals surface area contributed by atoms with E-state index in [1.54, 1.807) is 6.07 Å². The summed E-state index contributed by atoms with van der Waals surface area (Å²) < 4.78 is 21.0. The molecule has 4 heteroatoms. The largest absolute Gasteiger partial charge is 0.487 e. The van der Waals surface area contributed by atoms with Gasteiger partial charge in [0.15, 0.2) is 11.6 Å². The normalized spacial score (nSPS) is 33.4. The standard InChI is InChI=1S/C17H23BrFNO/c1-16(2)11-6-7-17(16,3)13(8-11)21-12-5-4-10(9-20)14(18)15(12)19/h4-5,11,13H,6-9,20H2,1-3H3. The zero-order valence-electron chi connectivity index (χ0n) is 12.9. The highest BCUT2D eigenvalue weighted by atomic mass is 79.9. The fourth-order valence-corrected chi connectivity index (χ4v) is 4.77. The van der Waals surface area contributed by atoms with Crippen molar-refractivity contribution in [2.45, 2.75) is 52.7 Å². The first-order valence-corrected chi connectivity index (χ1v) is 8.44. The van der Waals surface area contributed by atoms with E-state index in [0.29, 0.717) is 22.7 Å². The van der Waals surface area contributed by atoms with Crippen LogP contribution in [0.15, 0.2) is 16.6 Å². The molecule has 21 heavy (non-hydrogen) atoms. The maximum absolute atomic E-state index is 14.4. The fraction of sp³-hybridized carbons (Fsp3) is 0.647. The number of hydrogen-bond donors (Lipinski definition) is 1. The molecule has 3 rings (SSSR count). The van der Waals surface area contributed by atoms with Crippen molar-refractivity contribution in [1.82, 2.24) is 0 Å². The highest BCUT2D eigenvalue weighted by molar-refractivity contribution is 9.10. The first-order valence-electron chi connectivity index (χ1n) is 7.65. The van der Waals surface area contributed by atoms with E-state index in [4.69, 9.17) is 10.5 Å². The maximum atomic E-state index is 14.4. The third-order valence-corrected chi connectivity index (χ3v) is 7.19. The summed E-state index contributed by atoms with van der Waals surface area (Å²) in [6, 6.07) is 3.55. The molecule has 1 aromatic rings. The lowest BCUT2D eigenvalue weighted by Gasteiger charge is -2.39. The molecule has 2 aliphatic rings. The van der Waals surface area contributed by atoms with Crippen LogP contribution in [0.1, 0.15) is 45.6 Å². The Morgan fingerprint density at radius 2 is 2.10 bits per heavy atom. The van der Waals surface area contributed by atoms with Crippen molar-refractivity contribution in [3.63, 3.8) is 0 Å². The van der Waals surface area contributed by atoms with Gasteiger partial charge in [-0.2, -0.15) is 0 Å². The summed E-state index contributed by atoms with van der Waals surface area (Å²) in [5.41, 5.74) is 6.76. The van der Waals surface area contributed by atoms with Gasteiger partial charge in [0.25, 0.3) is 0 Å². The van der Waals surface area contributed by atoms with Gasteiger partial charge in [0.05, 0.1) is 4.47 Å². The molecule has 0 spiro atoms. The van der Waals surface area contributed by atoms with Gasteiger partial charge in [0, 0.05) is 12.0 Å². The molecular weight excluding hydrogens is 333 g/mol. The van der Waals surface area contributed by atoms with E-state index in [2.05, 4.69) is 36.7 Å². The van der Waals surface area contributed by atoms with Crippen LogP contribution in [-0.2, 0) is 6.54 Å². The van der Waals surface area contributed by atoms with E-state index in [9.17, 15) is 4.39 Å². The summed E-state index contributed by atoms with van der Waals surface area (Å²) in [5.74, 6) is 0.693. The summed E-state index contributed by atoms with van der Waals surface area (Å²) in [6.45, 7) is 7.27. The highest BCUT2D eigenvalue weighted by Gasteiger charge is 2.62. The van der Waals surface area contributed by atoms with E-state index in [0.717, 1.165) is 12.0 Å². The Morgan fingerprint density at radius 1 is 1.38 bits per heavy atom. The smallest absolute Gasteiger partial charge is 0.179 e. The minimum Gasteiger partial charge on any atom is -0.487 e. The molecule has 0 amide bonds. The molecule has 0 saturated heterocycles. The summed E-state index contributed by atoms with van der Waals surface area (Å²) in [4.78, 5) is 0. The second kappa shape index (κ2) is 4.95. The lowest BCUT2D eigenvalue weighted by Crippen LogP contribution is -2.39. The highest BCUT2D eigenvalue weighted by Crippen LogP contribution is 2.66. The van der Waals surface area contributed by atoms with Crippen molar-refractivity contribution < 1.29 is 9.13 Å². The Morgan fingerprint density at radius 3 is 2.62 bits per heavy atom. The van der Waals surface area contributed by atoms with Crippen molar-refractivity contribution in [3.8, 4) is 5.75 Å². The second-order valence-corrected chi connectivity index (χ2v) is 8.06.